The van der Waals surface area contributed by atoms with E-state index in [1.54, 1.807) is 11.8 Å². The van der Waals surface area contributed by atoms with E-state index in [4.69, 9.17) is 0 Å². The molecule has 0 bridgehead atoms. The molecule has 0 radical (unpaired) electrons. The largest absolute Gasteiger partial charge is 0.309 e. The predicted molar refractivity (Wildman–Crippen MR) is 219 cm³/mol. The number of pyridine rings is 2. The lowest BCUT2D eigenvalue weighted by Crippen LogP contribution is -2.19. The summed E-state index contributed by atoms with van der Waals surface area (Å²) < 4.78 is 4.81. The first kappa shape index (κ1) is 29.3. The summed E-state index contributed by atoms with van der Waals surface area (Å²) in [6, 6.07) is 50.8. The van der Waals surface area contributed by atoms with E-state index < -0.39 is 0 Å². The van der Waals surface area contributed by atoms with Crippen LogP contribution in [-0.4, -0.2) is 19.1 Å². The van der Waals surface area contributed by atoms with Gasteiger partial charge in [-0.2, -0.15) is 0 Å². The fraction of sp³-hybridized carbons (Fsp3) is 0. The molecule has 7 heteroatoms. The summed E-state index contributed by atoms with van der Waals surface area (Å²) in [6.45, 7) is 0. The van der Waals surface area contributed by atoms with E-state index in [9.17, 15) is 0 Å². The Labute approximate surface area is 313 Å². The van der Waals surface area contributed by atoms with Crippen molar-refractivity contribution in [1.82, 2.24) is 19.1 Å². The van der Waals surface area contributed by atoms with Crippen molar-refractivity contribution < 1.29 is 0 Å². The molecule has 12 rings (SSSR count). The standard InChI is InChI=1S/C46H27N5S2/c1-3-9-30(10-4-1)49-35-14-8-7-13-32(35)33-23-28(15-17-36(33)49)29-16-18-37-34(24-29)44-40(50(37)31-11-5-2-6-12-31)25-41-45-46(44)53-43-27-48-22-20-39(43)51(45)38-19-21-47-26-42(38)52-41/h1-27H. The van der Waals surface area contributed by atoms with Crippen molar-refractivity contribution in [3.8, 4) is 22.5 Å². The van der Waals surface area contributed by atoms with E-state index in [0.717, 1.165) is 26.9 Å². The minimum absolute atomic E-state index is 1.14. The predicted octanol–water partition coefficient (Wildman–Crippen LogP) is 12.7. The van der Waals surface area contributed by atoms with Gasteiger partial charge in [-0.3, -0.25) is 9.97 Å². The highest BCUT2D eigenvalue weighted by atomic mass is 32.2. The van der Waals surface area contributed by atoms with Gasteiger partial charge in [0.25, 0.3) is 0 Å². The van der Waals surface area contributed by atoms with Crippen molar-refractivity contribution in [1.29, 1.82) is 0 Å². The van der Waals surface area contributed by atoms with Gasteiger partial charge in [-0.25, -0.2) is 0 Å². The second-order valence-corrected chi connectivity index (χ2v) is 15.6. The Hall–Kier alpha value is -6.28. The van der Waals surface area contributed by atoms with Crippen molar-refractivity contribution in [2.45, 2.75) is 19.6 Å². The quantitative estimate of drug-likeness (QED) is 0.182. The molecule has 6 aromatic carbocycles. The monoisotopic (exact) mass is 713 g/mol. The first-order valence-corrected chi connectivity index (χ1v) is 19.3. The SMILES string of the molecule is c1ccc(-n2c3ccccc3c3cc(-c4ccc5c(c4)c4c6c7c(cc4n5-c4ccccc4)Sc4cnccc4N7c4ccncc4S6)ccc32)cc1. The van der Waals surface area contributed by atoms with Crippen molar-refractivity contribution >= 4 is 84.2 Å². The zero-order valence-electron chi connectivity index (χ0n) is 28.1. The summed E-state index contributed by atoms with van der Waals surface area (Å²) in [5.41, 5.74) is 13.0. The van der Waals surface area contributed by atoms with Gasteiger partial charge >= 0.3 is 0 Å². The van der Waals surface area contributed by atoms with Crippen molar-refractivity contribution in [3.05, 3.63) is 164 Å². The lowest BCUT2D eigenvalue weighted by atomic mass is 10.00. The molecule has 0 fully saturated rings. The van der Waals surface area contributed by atoms with E-state index in [2.05, 4.69) is 164 Å². The third-order valence-electron chi connectivity index (χ3n) is 10.6. The van der Waals surface area contributed by atoms with Crippen LogP contribution in [0.2, 0.25) is 0 Å². The molecule has 0 atom stereocenters. The molecule has 5 nitrogen and oxygen atoms in total. The number of hydrogen-bond donors (Lipinski definition) is 0. The van der Waals surface area contributed by atoms with Crippen molar-refractivity contribution in [3.63, 3.8) is 0 Å². The van der Waals surface area contributed by atoms with Crippen LogP contribution in [0.1, 0.15) is 0 Å². The van der Waals surface area contributed by atoms with Crippen LogP contribution in [0.3, 0.4) is 0 Å². The highest BCUT2D eigenvalue weighted by molar-refractivity contribution is 8.01. The maximum Gasteiger partial charge on any atom is 0.0749 e. The average Bonchev–Trinajstić information content (AvgIpc) is 3.73. The van der Waals surface area contributed by atoms with Gasteiger partial charge in [0.1, 0.15) is 0 Å². The smallest absolute Gasteiger partial charge is 0.0749 e. The molecule has 6 heterocycles. The molecule has 4 aromatic heterocycles. The fourth-order valence-corrected chi connectivity index (χ4v) is 10.8. The van der Waals surface area contributed by atoms with Crippen LogP contribution in [0.4, 0.5) is 17.1 Å². The number of aromatic nitrogens is 4. The highest BCUT2D eigenvalue weighted by Gasteiger charge is 2.35. The zero-order chi connectivity index (χ0) is 34.6. The Morgan fingerprint density at radius 3 is 1.70 bits per heavy atom. The Kier molecular flexibility index (Phi) is 6.14. The van der Waals surface area contributed by atoms with Gasteiger partial charge in [0.15, 0.2) is 0 Å². The fourth-order valence-electron chi connectivity index (χ4n) is 8.41. The third-order valence-corrected chi connectivity index (χ3v) is 12.8. The number of fused-ring (bicyclic) bond motifs is 11. The van der Waals surface area contributed by atoms with Gasteiger partial charge in [0.2, 0.25) is 0 Å². The molecule has 53 heavy (non-hydrogen) atoms. The van der Waals surface area contributed by atoms with Gasteiger partial charge in [-0.05, 0) is 83.9 Å². The summed E-state index contributed by atoms with van der Waals surface area (Å²) in [4.78, 5) is 16.3. The number of nitrogens with zero attached hydrogens (tertiary/aromatic N) is 5. The van der Waals surface area contributed by atoms with Crippen LogP contribution in [0, 0.1) is 0 Å². The zero-order valence-corrected chi connectivity index (χ0v) is 29.8. The topological polar surface area (TPSA) is 38.9 Å². The van der Waals surface area contributed by atoms with Crippen LogP contribution < -0.4 is 4.90 Å². The number of anilines is 3. The molecule has 0 saturated heterocycles. The highest BCUT2D eigenvalue weighted by Crippen LogP contribution is 2.62. The van der Waals surface area contributed by atoms with E-state index in [1.165, 1.54) is 75.9 Å². The first-order chi connectivity index (χ1) is 26.3. The van der Waals surface area contributed by atoms with Gasteiger partial charge in [0.05, 0.1) is 48.9 Å². The van der Waals surface area contributed by atoms with E-state index in [0.29, 0.717) is 0 Å². The van der Waals surface area contributed by atoms with Crippen molar-refractivity contribution in [2.24, 2.45) is 0 Å². The van der Waals surface area contributed by atoms with Crippen LogP contribution in [-0.2, 0) is 0 Å². The average molecular weight is 714 g/mol. The number of benzene rings is 6. The normalized spacial score (nSPS) is 13.1. The Morgan fingerprint density at radius 1 is 0.434 bits per heavy atom. The maximum absolute atomic E-state index is 4.58. The van der Waals surface area contributed by atoms with Crippen molar-refractivity contribution in [2.75, 3.05) is 4.90 Å². The van der Waals surface area contributed by atoms with Crippen LogP contribution >= 0.6 is 23.5 Å². The summed E-state index contributed by atoms with van der Waals surface area (Å²) in [5, 5.41) is 4.99. The number of para-hydroxylation sites is 3. The summed E-state index contributed by atoms with van der Waals surface area (Å²) in [6.07, 6.45) is 7.79. The molecule has 0 amide bonds. The number of hydrogen-bond acceptors (Lipinski definition) is 5. The summed E-state index contributed by atoms with van der Waals surface area (Å²) in [5.74, 6) is 0. The molecule has 0 unspecified atom stereocenters. The van der Waals surface area contributed by atoms with Gasteiger partial charge < -0.3 is 14.0 Å². The van der Waals surface area contributed by atoms with Gasteiger partial charge in [-0.1, -0.05) is 90.3 Å². The minimum Gasteiger partial charge on any atom is -0.309 e. The van der Waals surface area contributed by atoms with E-state index >= 15 is 0 Å². The van der Waals surface area contributed by atoms with Gasteiger partial charge in [0, 0.05) is 67.5 Å². The van der Waals surface area contributed by atoms with E-state index in [1.807, 2.05) is 36.5 Å². The van der Waals surface area contributed by atoms with Crippen LogP contribution in [0.5, 0.6) is 0 Å². The molecule has 0 saturated carbocycles. The lowest BCUT2D eigenvalue weighted by Gasteiger charge is -2.38. The van der Waals surface area contributed by atoms with Crippen LogP contribution in [0.25, 0.3) is 66.1 Å². The third kappa shape index (κ3) is 4.17. The Morgan fingerprint density at radius 2 is 1.00 bits per heavy atom. The second kappa shape index (κ2) is 11.1. The summed E-state index contributed by atoms with van der Waals surface area (Å²) in [7, 11) is 0. The molecule has 2 aliphatic rings. The molecular weight excluding hydrogens is 687 g/mol. The molecular formula is C46H27N5S2. The molecule has 248 valence electrons. The van der Waals surface area contributed by atoms with Crippen LogP contribution in [0.15, 0.2) is 184 Å². The van der Waals surface area contributed by atoms with Gasteiger partial charge in [-0.15, -0.1) is 0 Å². The Bertz CT molecular complexity index is 3120. The second-order valence-electron chi connectivity index (χ2n) is 13.5. The first-order valence-electron chi connectivity index (χ1n) is 17.6. The molecule has 2 aliphatic heterocycles. The number of rotatable bonds is 3. The lowest BCUT2D eigenvalue weighted by molar-refractivity contribution is 1.06. The van der Waals surface area contributed by atoms with E-state index in [-0.39, 0.29) is 0 Å². The summed E-state index contributed by atoms with van der Waals surface area (Å²) >= 11 is 3.64. The minimum atomic E-state index is 1.14. The molecule has 0 N–H and O–H groups in total. The molecule has 10 aromatic rings. The maximum atomic E-state index is 4.58. The Balaban J connectivity index is 1.14. The molecule has 0 aliphatic carbocycles. The molecule has 0 spiro atoms.